The number of hydrogen-bond acceptors (Lipinski definition) is 0. The molecular weight excluding hydrogens is 414 g/mol. The van der Waals surface area contributed by atoms with Crippen molar-refractivity contribution in [3.8, 4) is 0 Å². The van der Waals surface area contributed by atoms with E-state index in [-0.39, 0.29) is 48.0 Å². The van der Waals surface area contributed by atoms with Crippen molar-refractivity contribution in [2.45, 2.75) is 19.3 Å². The Kier molecular flexibility index (Phi) is 9.56. The molecule has 4 heteroatoms. The van der Waals surface area contributed by atoms with Crippen LogP contribution in [0.15, 0.2) is 0 Å². The smallest absolute Gasteiger partial charge is 0.0838 e. The average molecular weight is 440 g/mol. The first kappa shape index (κ1) is 18.7. The first-order valence-corrected chi connectivity index (χ1v) is 5.55. The zero-order valence-electron chi connectivity index (χ0n) is 10.6. The Hall–Kier alpha value is 1.38. The molecule has 0 N–H and O–H groups in total. The summed E-state index contributed by atoms with van der Waals surface area (Å²) in [5.74, 6) is 0. The van der Waals surface area contributed by atoms with Crippen LogP contribution in [0.2, 0.25) is 0 Å². The Morgan fingerprint density at radius 1 is 1.00 bits per heavy atom. The third-order valence-corrected chi connectivity index (χ3v) is 3.17. The van der Waals surface area contributed by atoms with E-state index in [1.165, 1.54) is 49.9 Å². The molecule has 0 aliphatic carbocycles. The van der Waals surface area contributed by atoms with E-state index in [0.29, 0.717) is 0 Å². The highest BCUT2D eigenvalue weighted by Crippen LogP contribution is 2.16. The molecule has 1 fully saturated rings. The number of likely N-dealkylation sites (tertiary alicyclic amines) is 1. The minimum absolute atomic E-state index is 0. The van der Waals surface area contributed by atoms with Crippen LogP contribution in [-0.4, -0.2) is 63.3 Å². The molecule has 0 atom stereocenters. The fourth-order valence-corrected chi connectivity index (χ4v) is 2.25. The largest absolute Gasteiger partial charge is 1.00 e. The van der Waals surface area contributed by atoms with Crippen LogP contribution in [0.4, 0.5) is 0 Å². The summed E-state index contributed by atoms with van der Waals surface area (Å²) in [5, 5.41) is 0. The molecule has 15 heavy (non-hydrogen) atoms. The summed E-state index contributed by atoms with van der Waals surface area (Å²) in [6, 6.07) is 0. The maximum atomic E-state index is 2.42. The normalized spacial score (nSPS) is 19.2. The van der Waals surface area contributed by atoms with Gasteiger partial charge in [0.25, 0.3) is 0 Å². The molecule has 0 amide bonds. The van der Waals surface area contributed by atoms with Gasteiger partial charge in [-0.15, -0.1) is 0 Å². The van der Waals surface area contributed by atoms with E-state index >= 15 is 0 Å². The van der Waals surface area contributed by atoms with E-state index in [2.05, 4.69) is 28.2 Å². The maximum absolute atomic E-state index is 2.42. The van der Waals surface area contributed by atoms with Gasteiger partial charge in [-0.05, 0) is 0 Å². The second-order valence-corrected chi connectivity index (χ2v) is 5.86. The SMILES string of the molecule is C[N+](C)(C)CCC[N+]1(C)CCCC1.[I-].[I-]. The minimum atomic E-state index is 0. The van der Waals surface area contributed by atoms with Crippen LogP contribution in [-0.2, 0) is 0 Å². The van der Waals surface area contributed by atoms with Gasteiger partial charge in [0, 0.05) is 19.3 Å². The quantitative estimate of drug-likeness (QED) is 0.305. The average Bonchev–Trinajstić information content (AvgIpc) is 2.33. The third-order valence-electron chi connectivity index (χ3n) is 3.17. The highest BCUT2D eigenvalue weighted by atomic mass is 127. The van der Waals surface area contributed by atoms with Gasteiger partial charge < -0.3 is 56.9 Å². The Morgan fingerprint density at radius 2 is 1.47 bits per heavy atom. The summed E-state index contributed by atoms with van der Waals surface area (Å²) >= 11 is 0. The molecule has 0 aromatic rings. The van der Waals surface area contributed by atoms with Gasteiger partial charge in [-0.3, -0.25) is 0 Å². The van der Waals surface area contributed by atoms with Gasteiger partial charge in [-0.25, -0.2) is 0 Å². The fraction of sp³-hybridized carbons (Fsp3) is 1.00. The van der Waals surface area contributed by atoms with Crippen molar-refractivity contribution in [3.63, 3.8) is 0 Å². The van der Waals surface area contributed by atoms with Crippen molar-refractivity contribution in [2.75, 3.05) is 54.4 Å². The van der Waals surface area contributed by atoms with E-state index in [0.717, 1.165) is 4.48 Å². The van der Waals surface area contributed by atoms with E-state index in [9.17, 15) is 0 Å². The van der Waals surface area contributed by atoms with E-state index in [4.69, 9.17) is 0 Å². The Bertz CT molecular complexity index is 160. The van der Waals surface area contributed by atoms with E-state index in [1.54, 1.807) is 0 Å². The lowest BCUT2D eigenvalue weighted by Gasteiger charge is -2.31. The molecule has 0 aromatic heterocycles. The lowest BCUT2D eigenvalue weighted by Crippen LogP contribution is -3.00. The van der Waals surface area contributed by atoms with Crippen LogP contribution < -0.4 is 48.0 Å². The third kappa shape index (κ3) is 8.15. The summed E-state index contributed by atoms with van der Waals surface area (Å²) in [4.78, 5) is 0. The summed E-state index contributed by atoms with van der Waals surface area (Å²) < 4.78 is 2.44. The molecule has 1 aliphatic heterocycles. The molecule has 0 radical (unpaired) electrons. The van der Waals surface area contributed by atoms with Gasteiger partial charge in [-0.1, -0.05) is 0 Å². The molecular formula is C11H26I2N2. The van der Waals surface area contributed by atoms with Gasteiger partial charge in [0.05, 0.1) is 54.4 Å². The lowest BCUT2D eigenvalue weighted by molar-refractivity contribution is -0.907. The van der Waals surface area contributed by atoms with Crippen LogP contribution >= 0.6 is 0 Å². The number of nitrogens with zero attached hydrogens (tertiary/aromatic N) is 2. The highest BCUT2D eigenvalue weighted by Gasteiger charge is 2.26. The van der Waals surface area contributed by atoms with Crippen LogP contribution in [0.25, 0.3) is 0 Å². The van der Waals surface area contributed by atoms with Crippen LogP contribution in [0.5, 0.6) is 0 Å². The standard InChI is InChI=1S/C11H26N2.2HI/c1-12(2,3)8-7-11-13(4)9-5-6-10-13;;/h5-11H2,1-4H3;2*1H/q+2;;/p-2. The van der Waals surface area contributed by atoms with Gasteiger partial charge in [0.1, 0.15) is 0 Å². The predicted octanol–water partition coefficient (Wildman–Crippen LogP) is -4.67. The Morgan fingerprint density at radius 3 is 1.87 bits per heavy atom. The lowest BCUT2D eigenvalue weighted by atomic mass is 10.3. The van der Waals surface area contributed by atoms with Crippen molar-refractivity contribution in [3.05, 3.63) is 0 Å². The molecule has 1 saturated heterocycles. The summed E-state index contributed by atoms with van der Waals surface area (Å²) in [7, 11) is 9.26. The molecule has 0 saturated carbocycles. The first-order chi connectivity index (χ1) is 5.91. The maximum Gasteiger partial charge on any atom is 0.0838 e. The molecule has 2 nitrogen and oxygen atoms in total. The predicted molar refractivity (Wildman–Crippen MR) is 57.5 cm³/mol. The number of halogens is 2. The fourth-order valence-electron chi connectivity index (χ4n) is 2.25. The summed E-state index contributed by atoms with van der Waals surface area (Å²) in [5.41, 5.74) is 0. The number of quaternary nitrogens is 2. The molecule has 1 rings (SSSR count). The minimum Gasteiger partial charge on any atom is -1.00 e. The topological polar surface area (TPSA) is 0 Å². The second-order valence-electron chi connectivity index (χ2n) is 5.86. The molecule has 94 valence electrons. The monoisotopic (exact) mass is 440 g/mol. The van der Waals surface area contributed by atoms with Crippen LogP contribution in [0, 0.1) is 0 Å². The first-order valence-electron chi connectivity index (χ1n) is 5.55. The van der Waals surface area contributed by atoms with Gasteiger partial charge in [-0.2, -0.15) is 0 Å². The molecule has 1 aliphatic rings. The van der Waals surface area contributed by atoms with Crippen molar-refractivity contribution >= 4 is 0 Å². The zero-order valence-corrected chi connectivity index (χ0v) is 14.9. The second kappa shape index (κ2) is 7.66. The van der Waals surface area contributed by atoms with Crippen molar-refractivity contribution in [2.24, 2.45) is 0 Å². The van der Waals surface area contributed by atoms with Crippen LogP contribution in [0.1, 0.15) is 19.3 Å². The van der Waals surface area contributed by atoms with Crippen LogP contribution in [0.3, 0.4) is 0 Å². The molecule has 0 aromatic carbocycles. The molecule has 0 spiro atoms. The zero-order chi connectivity index (χ0) is 9.95. The summed E-state index contributed by atoms with van der Waals surface area (Å²) in [6.45, 7) is 5.53. The molecule has 0 unspecified atom stereocenters. The summed E-state index contributed by atoms with van der Waals surface area (Å²) in [6.07, 6.45) is 4.27. The Labute approximate surface area is 130 Å². The van der Waals surface area contributed by atoms with Gasteiger partial charge >= 0.3 is 0 Å². The molecule has 1 heterocycles. The number of hydrogen-bond donors (Lipinski definition) is 0. The Balaban J connectivity index is 0. The molecule has 0 bridgehead atoms. The van der Waals surface area contributed by atoms with Gasteiger partial charge in [0.15, 0.2) is 0 Å². The number of rotatable bonds is 4. The van der Waals surface area contributed by atoms with E-state index < -0.39 is 0 Å². The van der Waals surface area contributed by atoms with Crippen molar-refractivity contribution in [1.29, 1.82) is 0 Å². The van der Waals surface area contributed by atoms with Crippen molar-refractivity contribution < 1.29 is 56.9 Å². The van der Waals surface area contributed by atoms with E-state index in [1.807, 2.05) is 0 Å². The van der Waals surface area contributed by atoms with Gasteiger partial charge in [0.2, 0.25) is 0 Å². The van der Waals surface area contributed by atoms with Crippen molar-refractivity contribution in [1.82, 2.24) is 0 Å². The highest BCUT2D eigenvalue weighted by molar-refractivity contribution is 4.51.